The topological polar surface area (TPSA) is 111 Å². The number of hydrogen-bond donors (Lipinski definition) is 2. The molecular weight excluding hydrogens is 338 g/mol. The molecule has 0 unspecified atom stereocenters. The maximum Gasteiger partial charge on any atom is 0.269 e. The molecule has 0 spiro atoms. The molecule has 0 fully saturated rings. The normalized spacial score (nSPS) is 10.2. The van der Waals surface area contributed by atoms with Crippen molar-refractivity contribution in [1.82, 2.24) is 5.32 Å². The van der Waals surface area contributed by atoms with Crippen LogP contribution >= 0.6 is 0 Å². The fraction of sp³-hybridized carbons (Fsp3) is 0.222. The van der Waals surface area contributed by atoms with Gasteiger partial charge < -0.3 is 15.4 Å². The van der Waals surface area contributed by atoms with E-state index in [0.29, 0.717) is 30.8 Å². The second kappa shape index (κ2) is 9.28. The van der Waals surface area contributed by atoms with E-state index < -0.39 is 10.8 Å². The number of carbonyl (C=O) groups excluding carboxylic acids is 2. The standard InChI is InChI=1S/C18H19N3O5/c1-26-11-3-10-19-17(22)14-4-2-5-15(12-14)20-18(23)13-6-8-16(9-7-13)21(24)25/h2,4-9,12H,3,10-11H2,1H3,(H,19,22)(H,20,23). The number of nitrogens with one attached hydrogen (secondary N) is 2. The Morgan fingerprint density at radius 3 is 2.46 bits per heavy atom. The molecule has 0 aromatic heterocycles. The van der Waals surface area contributed by atoms with E-state index in [-0.39, 0.29) is 17.2 Å². The molecule has 136 valence electrons. The highest BCUT2D eigenvalue weighted by Gasteiger charge is 2.11. The number of anilines is 1. The molecule has 2 N–H and O–H groups in total. The van der Waals surface area contributed by atoms with Crippen molar-refractivity contribution >= 4 is 23.2 Å². The van der Waals surface area contributed by atoms with Gasteiger partial charge in [-0.3, -0.25) is 19.7 Å². The number of non-ortho nitro benzene ring substituents is 1. The number of methoxy groups -OCH3 is 1. The molecule has 8 nitrogen and oxygen atoms in total. The highest BCUT2D eigenvalue weighted by atomic mass is 16.6. The fourth-order valence-electron chi connectivity index (χ4n) is 2.20. The quantitative estimate of drug-likeness (QED) is 0.429. The van der Waals surface area contributed by atoms with Gasteiger partial charge in [-0.05, 0) is 36.8 Å². The lowest BCUT2D eigenvalue weighted by Gasteiger charge is -2.08. The maximum atomic E-state index is 12.2. The predicted molar refractivity (Wildman–Crippen MR) is 96.3 cm³/mol. The van der Waals surface area contributed by atoms with Crippen molar-refractivity contribution in [1.29, 1.82) is 0 Å². The van der Waals surface area contributed by atoms with Gasteiger partial charge in [-0.25, -0.2) is 0 Å². The summed E-state index contributed by atoms with van der Waals surface area (Å²) in [6.45, 7) is 1.05. The smallest absolute Gasteiger partial charge is 0.269 e. The third-order valence-corrected chi connectivity index (χ3v) is 3.53. The third kappa shape index (κ3) is 5.38. The first-order valence-corrected chi connectivity index (χ1v) is 7.94. The molecule has 0 saturated carbocycles. The number of rotatable bonds is 8. The summed E-state index contributed by atoms with van der Waals surface area (Å²) in [4.78, 5) is 34.4. The van der Waals surface area contributed by atoms with Crippen molar-refractivity contribution in [2.45, 2.75) is 6.42 Å². The Morgan fingerprint density at radius 1 is 1.08 bits per heavy atom. The summed E-state index contributed by atoms with van der Waals surface area (Å²) >= 11 is 0. The van der Waals surface area contributed by atoms with Crippen LogP contribution < -0.4 is 10.6 Å². The van der Waals surface area contributed by atoms with E-state index in [1.54, 1.807) is 31.4 Å². The van der Waals surface area contributed by atoms with E-state index in [1.165, 1.54) is 24.3 Å². The van der Waals surface area contributed by atoms with E-state index >= 15 is 0 Å². The minimum atomic E-state index is -0.531. The summed E-state index contributed by atoms with van der Waals surface area (Å²) in [5.74, 6) is -0.662. The highest BCUT2D eigenvalue weighted by Crippen LogP contribution is 2.15. The fourth-order valence-corrected chi connectivity index (χ4v) is 2.20. The zero-order valence-corrected chi connectivity index (χ0v) is 14.2. The van der Waals surface area contributed by atoms with Crippen molar-refractivity contribution in [2.24, 2.45) is 0 Å². The molecule has 2 aromatic carbocycles. The van der Waals surface area contributed by atoms with Gasteiger partial charge in [-0.15, -0.1) is 0 Å². The van der Waals surface area contributed by atoms with Gasteiger partial charge in [0.25, 0.3) is 17.5 Å². The van der Waals surface area contributed by atoms with E-state index in [4.69, 9.17) is 4.74 Å². The number of nitrogens with zero attached hydrogens (tertiary/aromatic N) is 1. The number of ether oxygens (including phenoxy) is 1. The molecule has 2 rings (SSSR count). The molecule has 8 heteroatoms. The summed E-state index contributed by atoms with van der Waals surface area (Å²) in [5.41, 5.74) is 1.07. The van der Waals surface area contributed by atoms with Crippen LogP contribution in [-0.2, 0) is 4.74 Å². The summed E-state index contributed by atoms with van der Waals surface area (Å²) in [7, 11) is 1.60. The Balaban J connectivity index is 1.99. The molecule has 0 atom stereocenters. The van der Waals surface area contributed by atoms with Gasteiger partial charge >= 0.3 is 0 Å². The number of nitro groups is 1. The van der Waals surface area contributed by atoms with E-state index in [2.05, 4.69) is 10.6 Å². The summed E-state index contributed by atoms with van der Waals surface area (Å²) in [6.07, 6.45) is 0.707. The summed E-state index contributed by atoms with van der Waals surface area (Å²) in [5, 5.41) is 16.1. The molecule has 2 amide bonds. The number of nitro benzene ring substituents is 1. The lowest BCUT2D eigenvalue weighted by Crippen LogP contribution is -2.25. The van der Waals surface area contributed by atoms with Crippen LogP contribution in [0.2, 0.25) is 0 Å². The van der Waals surface area contributed by atoms with Crippen LogP contribution in [0.5, 0.6) is 0 Å². The Morgan fingerprint density at radius 2 is 1.81 bits per heavy atom. The Kier molecular flexibility index (Phi) is 6.81. The molecule has 26 heavy (non-hydrogen) atoms. The Labute approximate surface area is 150 Å². The first-order chi connectivity index (χ1) is 12.5. The van der Waals surface area contributed by atoms with Gasteiger partial charge in [0.1, 0.15) is 0 Å². The van der Waals surface area contributed by atoms with Crippen molar-refractivity contribution in [3.63, 3.8) is 0 Å². The number of benzene rings is 2. The van der Waals surface area contributed by atoms with E-state index in [0.717, 1.165) is 0 Å². The van der Waals surface area contributed by atoms with Crippen LogP contribution in [0, 0.1) is 10.1 Å². The first-order valence-electron chi connectivity index (χ1n) is 7.94. The molecule has 2 aromatic rings. The molecule has 0 aliphatic carbocycles. The second-order valence-electron chi connectivity index (χ2n) is 5.44. The number of carbonyl (C=O) groups is 2. The molecule has 0 aliphatic rings. The molecule has 0 aliphatic heterocycles. The SMILES string of the molecule is COCCCNC(=O)c1cccc(NC(=O)c2ccc([N+](=O)[O-])cc2)c1. The van der Waals surface area contributed by atoms with Crippen molar-refractivity contribution in [3.8, 4) is 0 Å². The van der Waals surface area contributed by atoms with E-state index in [1.807, 2.05) is 0 Å². The van der Waals surface area contributed by atoms with Crippen LogP contribution in [0.25, 0.3) is 0 Å². The summed E-state index contributed by atoms with van der Waals surface area (Å²) in [6, 6.07) is 11.8. The molecule has 0 saturated heterocycles. The first kappa shape index (κ1) is 19.1. The van der Waals surface area contributed by atoms with Gasteiger partial charge in [0.05, 0.1) is 4.92 Å². The lowest BCUT2D eigenvalue weighted by molar-refractivity contribution is -0.384. The van der Waals surface area contributed by atoms with Crippen LogP contribution in [0.4, 0.5) is 11.4 Å². The van der Waals surface area contributed by atoms with Gasteiger partial charge in [-0.2, -0.15) is 0 Å². The van der Waals surface area contributed by atoms with Crippen molar-refractivity contribution in [3.05, 3.63) is 69.8 Å². The zero-order valence-electron chi connectivity index (χ0n) is 14.2. The number of amides is 2. The Bertz CT molecular complexity index is 790. The average molecular weight is 357 g/mol. The predicted octanol–water partition coefficient (Wildman–Crippen LogP) is 2.61. The molecular formula is C18H19N3O5. The number of hydrogen-bond acceptors (Lipinski definition) is 5. The van der Waals surface area contributed by atoms with Crippen LogP contribution in [0.1, 0.15) is 27.1 Å². The van der Waals surface area contributed by atoms with Gasteiger partial charge in [0.15, 0.2) is 0 Å². The zero-order chi connectivity index (χ0) is 18.9. The van der Waals surface area contributed by atoms with Gasteiger partial charge in [0.2, 0.25) is 0 Å². The van der Waals surface area contributed by atoms with Crippen LogP contribution in [0.15, 0.2) is 48.5 Å². The Hall–Kier alpha value is -3.26. The summed E-state index contributed by atoms with van der Waals surface area (Å²) < 4.78 is 4.92. The second-order valence-corrected chi connectivity index (χ2v) is 5.44. The largest absolute Gasteiger partial charge is 0.385 e. The lowest BCUT2D eigenvalue weighted by atomic mass is 10.1. The maximum absolute atomic E-state index is 12.2. The minimum absolute atomic E-state index is 0.0892. The molecule has 0 heterocycles. The molecule has 0 radical (unpaired) electrons. The van der Waals surface area contributed by atoms with Gasteiger partial charge in [-0.1, -0.05) is 6.07 Å². The monoisotopic (exact) mass is 357 g/mol. The minimum Gasteiger partial charge on any atom is -0.385 e. The third-order valence-electron chi connectivity index (χ3n) is 3.53. The highest BCUT2D eigenvalue weighted by molar-refractivity contribution is 6.05. The van der Waals surface area contributed by atoms with Gasteiger partial charge in [0, 0.05) is 49.2 Å². The van der Waals surface area contributed by atoms with E-state index in [9.17, 15) is 19.7 Å². The molecule has 0 bridgehead atoms. The van der Waals surface area contributed by atoms with Crippen LogP contribution in [-0.4, -0.2) is 37.0 Å². The van der Waals surface area contributed by atoms with Crippen molar-refractivity contribution in [2.75, 3.05) is 25.6 Å². The van der Waals surface area contributed by atoms with Crippen LogP contribution in [0.3, 0.4) is 0 Å². The average Bonchev–Trinajstić information content (AvgIpc) is 2.65. The van der Waals surface area contributed by atoms with Crippen molar-refractivity contribution < 1.29 is 19.2 Å².